The Labute approximate surface area is 185 Å². The summed E-state index contributed by atoms with van der Waals surface area (Å²) in [5, 5.41) is 2.80. The number of hydrogen-bond donors (Lipinski definition) is 1. The van der Waals surface area contributed by atoms with Crippen LogP contribution >= 0.6 is 0 Å². The van der Waals surface area contributed by atoms with Gasteiger partial charge < -0.3 is 5.32 Å². The number of anilines is 2. The number of benzene rings is 2. The van der Waals surface area contributed by atoms with E-state index in [4.69, 9.17) is 0 Å². The molecule has 160 valence electrons. The number of carbonyl (C=O) groups is 4. The third-order valence-corrected chi connectivity index (χ3v) is 7.60. The molecule has 5 aliphatic rings. The molecule has 1 aliphatic heterocycles. The molecule has 6 heteroatoms. The Morgan fingerprint density at radius 3 is 1.88 bits per heavy atom. The van der Waals surface area contributed by atoms with Crippen molar-refractivity contribution < 1.29 is 19.2 Å². The lowest BCUT2D eigenvalue weighted by Crippen LogP contribution is -2.40. The topological polar surface area (TPSA) is 83.6 Å². The number of amides is 3. The number of nitrogens with zero attached hydrogens (tertiary/aromatic N) is 1. The summed E-state index contributed by atoms with van der Waals surface area (Å²) in [4.78, 5) is 51.7. The maximum Gasteiger partial charge on any atom is 0.255 e. The number of allylic oxidation sites excluding steroid dienone is 2. The van der Waals surface area contributed by atoms with Gasteiger partial charge in [-0.3, -0.25) is 24.1 Å². The normalized spacial score (nSPS) is 31.3. The molecule has 2 saturated carbocycles. The summed E-state index contributed by atoms with van der Waals surface area (Å²) >= 11 is 0. The third kappa shape index (κ3) is 2.72. The highest BCUT2D eigenvalue weighted by Gasteiger charge is 2.67. The van der Waals surface area contributed by atoms with Crippen molar-refractivity contribution in [3.63, 3.8) is 0 Å². The molecule has 6 atom stereocenters. The van der Waals surface area contributed by atoms with Crippen molar-refractivity contribution in [2.45, 2.75) is 13.3 Å². The van der Waals surface area contributed by atoms with Crippen LogP contribution in [0.1, 0.15) is 34.1 Å². The molecule has 4 aliphatic carbocycles. The standard InChI is InChI=1S/C26H22N2O4/c1-13(29)14-2-6-16(7-3-14)27-24(30)15-4-8-17(9-5-15)28-25(31)22-18-10-11-19(21-12-20(18)21)23(22)26(28)32/h2-11,18-23H,12H2,1H3,(H,27,30). The second-order valence-electron chi connectivity index (χ2n) is 9.30. The molecule has 6 unspecified atom stereocenters. The molecule has 6 nitrogen and oxygen atoms in total. The van der Waals surface area contributed by atoms with E-state index in [0.717, 1.165) is 6.42 Å². The van der Waals surface area contributed by atoms with Crippen LogP contribution in [0, 0.1) is 35.5 Å². The van der Waals surface area contributed by atoms with E-state index in [1.54, 1.807) is 48.5 Å². The van der Waals surface area contributed by atoms with E-state index in [2.05, 4.69) is 17.5 Å². The van der Waals surface area contributed by atoms with Crippen LogP contribution in [0.5, 0.6) is 0 Å². The molecule has 0 aromatic heterocycles. The van der Waals surface area contributed by atoms with Gasteiger partial charge in [0.05, 0.1) is 17.5 Å². The van der Waals surface area contributed by atoms with Crippen LogP contribution in [0.3, 0.4) is 0 Å². The minimum Gasteiger partial charge on any atom is -0.322 e. The summed E-state index contributed by atoms with van der Waals surface area (Å²) in [6, 6.07) is 13.3. The van der Waals surface area contributed by atoms with Gasteiger partial charge in [0.15, 0.2) is 5.78 Å². The lowest BCUT2D eigenvalue weighted by Gasteiger charge is -2.37. The zero-order valence-electron chi connectivity index (χ0n) is 17.5. The zero-order chi connectivity index (χ0) is 22.1. The van der Waals surface area contributed by atoms with Crippen LogP contribution in [-0.4, -0.2) is 23.5 Å². The van der Waals surface area contributed by atoms with E-state index in [1.165, 1.54) is 11.8 Å². The summed E-state index contributed by atoms with van der Waals surface area (Å²) in [5.74, 6) is 0.500. The molecule has 3 amide bonds. The molecular formula is C26H22N2O4. The number of carbonyl (C=O) groups excluding carboxylic acids is 4. The van der Waals surface area contributed by atoms with Gasteiger partial charge in [-0.15, -0.1) is 0 Å². The molecule has 1 saturated heterocycles. The summed E-state index contributed by atoms with van der Waals surface area (Å²) in [6.07, 6.45) is 5.45. The maximum absolute atomic E-state index is 13.2. The Balaban J connectivity index is 1.19. The number of Topliss-reactive ketones (excluding diaryl/α,β-unsaturated/α-hetero) is 1. The van der Waals surface area contributed by atoms with Crippen molar-refractivity contribution in [3.8, 4) is 0 Å². The molecule has 1 N–H and O–H groups in total. The molecule has 7 rings (SSSR count). The number of hydrogen-bond acceptors (Lipinski definition) is 4. The second kappa shape index (κ2) is 6.73. The van der Waals surface area contributed by atoms with Crippen molar-refractivity contribution in [3.05, 3.63) is 71.8 Å². The average molecular weight is 426 g/mol. The fraction of sp³-hybridized carbons (Fsp3) is 0.308. The highest BCUT2D eigenvalue weighted by atomic mass is 16.2. The van der Waals surface area contributed by atoms with Gasteiger partial charge in [-0.25, -0.2) is 0 Å². The Morgan fingerprint density at radius 1 is 0.812 bits per heavy atom. The molecule has 1 heterocycles. The first-order chi connectivity index (χ1) is 15.4. The van der Waals surface area contributed by atoms with Crippen molar-refractivity contribution in [1.82, 2.24) is 0 Å². The van der Waals surface area contributed by atoms with Gasteiger partial charge in [0, 0.05) is 16.8 Å². The van der Waals surface area contributed by atoms with Crippen molar-refractivity contribution in [1.29, 1.82) is 0 Å². The Bertz CT molecular complexity index is 1160. The molecule has 0 spiro atoms. The SMILES string of the molecule is CC(=O)c1ccc(NC(=O)c2ccc(N3C(=O)C4C5C=CC(C6CC56)C4C3=O)cc2)cc1. The Hall–Kier alpha value is -3.54. The fourth-order valence-corrected chi connectivity index (χ4v) is 5.96. The van der Waals surface area contributed by atoms with Crippen LogP contribution in [-0.2, 0) is 9.59 Å². The van der Waals surface area contributed by atoms with Crippen LogP contribution in [0.15, 0.2) is 60.7 Å². The van der Waals surface area contributed by atoms with Crippen LogP contribution in [0.4, 0.5) is 11.4 Å². The molecule has 2 aromatic rings. The maximum atomic E-state index is 13.2. The van der Waals surface area contributed by atoms with E-state index in [9.17, 15) is 19.2 Å². The van der Waals surface area contributed by atoms with E-state index >= 15 is 0 Å². The first-order valence-electron chi connectivity index (χ1n) is 11.0. The third-order valence-electron chi connectivity index (χ3n) is 7.60. The van der Waals surface area contributed by atoms with E-state index in [1.807, 2.05) is 0 Å². The molecule has 32 heavy (non-hydrogen) atoms. The Morgan fingerprint density at radius 2 is 1.34 bits per heavy atom. The number of rotatable bonds is 4. The monoisotopic (exact) mass is 426 g/mol. The van der Waals surface area contributed by atoms with Gasteiger partial charge >= 0.3 is 0 Å². The largest absolute Gasteiger partial charge is 0.322 e. The molecule has 0 radical (unpaired) electrons. The highest BCUT2D eigenvalue weighted by Crippen LogP contribution is 2.65. The van der Waals surface area contributed by atoms with Crippen LogP contribution in [0.2, 0.25) is 0 Å². The lowest BCUT2D eigenvalue weighted by atomic mass is 9.63. The van der Waals surface area contributed by atoms with E-state index in [0.29, 0.717) is 34.3 Å². The van der Waals surface area contributed by atoms with Crippen LogP contribution in [0.25, 0.3) is 0 Å². The van der Waals surface area contributed by atoms with E-state index in [-0.39, 0.29) is 47.2 Å². The number of nitrogens with one attached hydrogen (secondary N) is 1. The predicted octanol–water partition coefficient (Wildman–Crippen LogP) is 3.70. The fourth-order valence-electron chi connectivity index (χ4n) is 5.96. The highest BCUT2D eigenvalue weighted by molar-refractivity contribution is 6.22. The van der Waals surface area contributed by atoms with Crippen molar-refractivity contribution in [2.75, 3.05) is 10.2 Å². The molecule has 2 bridgehead atoms. The number of imide groups is 1. The van der Waals surface area contributed by atoms with Crippen molar-refractivity contribution >= 4 is 34.9 Å². The minimum atomic E-state index is -0.304. The van der Waals surface area contributed by atoms with Crippen LogP contribution < -0.4 is 10.2 Å². The molecule has 2 aromatic carbocycles. The summed E-state index contributed by atoms with van der Waals surface area (Å²) < 4.78 is 0. The minimum absolute atomic E-state index is 0.0369. The zero-order valence-corrected chi connectivity index (χ0v) is 17.5. The average Bonchev–Trinajstić information content (AvgIpc) is 3.58. The van der Waals surface area contributed by atoms with E-state index < -0.39 is 0 Å². The van der Waals surface area contributed by atoms with Gasteiger partial charge in [0.1, 0.15) is 0 Å². The lowest BCUT2D eigenvalue weighted by molar-refractivity contribution is -0.124. The quantitative estimate of drug-likeness (QED) is 0.459. The molecule has 3 fully saturated rings. The first kappa shape index (κ1) is 19.2. The summed E-state index contributed by atoms with van der Waals surface area (Å²) in [7, 11) is 0. The van der Waals surface area contributed by atoms with Gasteiger partial charge in [0.2, 0.25) is 11.8 Å². The van der Waals surface area contributed by atoms with Gasteiger partial charge in [-0.1, -0.05) is 12.2 Å². The van der Waals surface area contributed by atoms with Gasteiger partial charge in [0.25, 0.3) is 5.91 Å². The van der Waals surface area contributed by atoms with Gasteiger partial charge in [-0.05, 0) is 85.5 Å². The predicted molar refractivity (Wildman–Crippen MR) is 118 cm³/mol. The molecular weight excluding hydrogens is 404 g/mol. The number of ketones is 1. The van der Waals surface area contributed by atoms with Gasteiger partial charge in [-0.2, -0.15) is 0 Å². The van der Waals surface area contributed by atoms with Crippen molar-refractivity contribution in [2.24, 2.45) is 35.5 Å². The first-order valence-corrected chi connectivity index (χ1v) is 11.0. The summed E-state index contributed by atoms with van der Waals surface area (Å²) in [5.41, 5.74) is 2.10. The Kier molecular flexibility index (Phi) is 4.03. The summed E-state index contributed by atoms with van der Waals surface area (Å²) in [6.45, 7) is 1.49. The smallest absolute Gasteiger partial charge is 0.255 e. The second-order valence-corrected chi connectivity index (χ2v) is 9.30.